The molecular weight excluding hydrogens is 250 g/mol. The van der Waals surface area contributed by atoms with E-state index in [1.165, 1.54) is 11.3 Å². The summed E-state index contributed by atoms with van der Waals surface area (Å²) in [6, 6.07) is 9.17. The Labute approximate surface area is 122 Å². The summed E-state index contributed by atoms with van der Waals surface area (Å²) in [6.45, 7) is 10.5. The van der Waals surface area contributed by atoms with Gasteiger partial charge in [0, 0.05) is 51.0 Å². The predicted octanol–water partition coefficient (Wildman–Crippen LogP) is 1.30. The smallest absolute Gasteiger partial charge is 0.0558 e. The molecule has 2 rings (SSSR count). The molecule has 1 aromatic rings. The molecule has 0 radical (unpaired) electrons. The van der Waals surface area contributed by atoms with Gasteiger partial charge < -0.3 is 15.3 Å². The zero-order valence-corrected chi connectivity index (χ0v) is 12.7. The van der Waals surface area contributed by atoms with E-state index in [-0.39, 0.29) is 6.61 Å². The van der Waals surface area contributed by atoms with Crippen LogP contribution in [0.2, 0.25) is 0 Å². The number of hydrogen-bond acceptors (Lipinski definition) is 4. The van der Waals surface area contributed by atoms with Crippen LogP contribution in [0.4, 0.5) is 5.69 Å². The first-order chi connectivity index (χ1) is 9.70. The molecule has 0 aliphatic carbocycles. The Bertz CT molecular complexity index is 400. The van der Waals surface area contributed by atoms with E-state index in [1.54, 1.807) is 0 Å². The number of β-amino-alcohol motifs (C(OH)–C–C–N with tert-alkyl or cyclic N) is 1. The fourth-order valence-electron chi connectivity index (χ4n) is 2.64. The van der Waals surface area contributed by atoms with Gasteiger partial charge in [-0.1, -0.05) is 32.0 Å². The van der Waals surface area contributed by atoms with E-state index in [9.17, 15) is 0 Å². The Balaban J connectivity index is 1.98. The molecule has 0 aromatic heterocycles. The van der Waals surface area contributed by atoms with Crippen molar-refractivity contribution in [3.8, 4) is 0 Å². The fraction of sp³-hybridized carbons (Fsp3) is 0.625. The van der Waals surface area contributed by atoms with Crippen LogP contribution in [-0.2, 0) is 6.54 Å². The highest BCUT2D eigenvalue weighted by Gasteiger charge is 2.18. The number of aliphatic hydroxyl groups excluding tert-OH is 1. The molecule has 4 nitrogen and oxygen atoms in total. The summed E-state index contributed by atoms with van der Waals surface area (Å²) in [4.78, 5) is 4.79. The number of nitrogens with one attached hydrogen (secondary N) is 1. The lowest BCUT2D eigenvalue weighted by molar-refractivity contribution is 0.188. The maximum absolute atomic E-state index is 9.00. The Kier molecular flexibility index (Phi) is 5.83. The van der Waals surface area contributed by atoms with E-state index in [4.69, 9.17) is 5.11 Å². The summed E-state index contributed by atoms with van der Waals surface area (Å²) in [5.41, 5.74) is 2.72. The Morgan fingerprint density at radius 2 is 1.85 bits per heavy atom. The lowest BCUT2D eigenvalue weighted by Gasteiger charge is -2.36. The second kappa shape index (κ2) is 7.62. The monoisotopic (exact) mass is 277 g/mol. The van der Waals surface area contributed by atoms with Crippen molar-refractivity contribution >= 4 is 5.69 Å². The fourth-order valence-corrected chi connectivity index (χ4v) is 2.64. The second-order valence-corrected chi connectivity index (χ2v) is 5.72. The minimum Gasteiger partial charge on any atom is -0.395 e. The van der Waals surface area contributed by atoms with Gasteiger partial charge in [0.1, 0.15) is 0 Å². The molecule has 1 aliphatic rings. The van der Waals surface area contributed by atoms with Crippen LogP contribution < -0.4 is 10.2 Å². The summed E-state index contributed by atoms with van der Waals surface area (Å²) >= 11 is 0. The van der Waals surface area contributed by atoms with Gasteiger partial charge in [-0.15, -0.1) is 0 Å². The number of benzene rings is 1. The molecule has 1 aliphatic heterocycles. The molecule has 0 amide bonds. The molecule has 112 valence electrons. The lowest BCUT2D eigenvalue weighted by atomic mass is 10.1. The number of piperazine rings is 1. The maximum Gasteiger partial charge on any atom is 0.0558 e. The average Bonchev–Trinajstić information content (AvgIpc) is 2.47. The van der Waals surface area contributed by atoms with Crippen LogP contribution in [0.1, 0.15) is 19.4 Å². The van der Waals surface area contributed by atoms with E-state index in [2.05, 4.69) is 53.2 Å². The summed E-state index contributed by atoms with van der Waals surface area (Å²) in [5, 5.41) is 12.5. The normalized spacial score (nSPS) is 16.9. The highest BCUT2D eigenvalue weighted by Crippen LogP contribution is 2.21. The molecule has 0 unspecified atom stereocenters. The first-order valence-corrected chi connectivity index (χ1v) is 7.60. The molecule has 0 saturated carbocycles. The second-order valence-electron chi connectivity index (χ2n) is 5.72. The lowest BCUT2D eigenvalue weighted by Crippen LogP contribution is -2.47. The molecule has 20 heavy (non-hydrogen) atoms. The summed E-state index contributed by atoms with van der Waals surface area (Å²) < 4.78 is 0. The van der Waals surface area contributed by atoms with Crippen molar-refractivity contribution in [2.24, 2.45) is 0 Å². The molecule has 1 fully saturated rings. The highest BCUT2D eigenvalue weighted by molar-refractivity contribution is 5.54. The van der Waals surface area contributed by atoms with E-state index in [0.29, 0.717) is 6.04 Å². The maximum atomic E-state index is 9.00. The molecule has 1 aromatic carbocycles. The number of anilines is 1. The average molecular weight is 277 g/mol. The SMILES string of the molecule is CC(C)NCc1ccccc1N1CCN(CCO)CC1. The van der Waals surface area contributed by atoms with E-state index in [0.717, 1.165) is 39.3 Å². The number of hydrogen-bond donors (Lipinski definition) is 2. The molecule has 0 bridgehead atoms. The van der Waals surface area contributed by atoms with Crippen molar-refractivity contribution in [1.29, 1.82) is 0 Å². The zero-order chi connectivity index (χ0) is 14.4. The van der Waals surface area contributed by atoms with Gasteiger partial charge in [-0.25, -0.2) is 0 Å². The van der Waals surface area contributed by atoms with Crippen LogP contribution in [-0.4, -0.2) is 55.4 Å². The van der Waals surface area contributed by atoms with Gasteiger partial charge in [0.15, 0.2) is 0 Å². The van der Waals surface area contributed by atoms with Gasteiger partial charge in [-0.2, -0.15) is 0 Å². The highest BCUT2D eigenvalue weighted by atomic mass is 16.3. The van der Waals surface area contributed by atoms with Gasteiger partial charge in [-0.05, 0) is 11.6 Å². The first-order valence-electron chi connectivity index (χ1n) is 7.60. The van der Waals surface area contributed by atoms with Crippen molar-refractivity contribution < 1.29 is 5.11 Å². The van der Waals surface area contributed by atoms with Crippen LogP contribution in [0.5, 0.6) is 0 Å². The molecule has 2 N–H and O–H groups in total. The summed E-state index contributed by atoms with van der Waals surface area (Å²) in [5.74, 6) is 0. The van der Waals surface area contributed by atoms with E-state index < -0.39 is 0 Å². The van der Waals surface area contributed by atoms with Crippen LogP contribution >= 0.6 is 0 Å². The first kappa shape index (κ1) is 15.3. The Hall–Kier alpha value is -1.10. The van der Waals surface area contributed by atoms with Crippen molar-refractivity contribution in [3.05, 3.63) is 29.8 Å². The quantitative estimate of drug-likeness (QED) is 0.822. The topological polar surface area (TPSA) is 38.7 Å². The largest absolute Gasteiger partial charge is 0.395 e. The number of nitrogens with zero attached hydrogens (tertiary/aromatic N) is 2. The third-order valence-electron chi connectivity index (χ3n) is 3.82. The Morgan fingerprint density at radius 3 is 2.50 bits per heavy atom. The Morgan fingerprint density at radius 1 is 1.15 bits per heavy atom. The number of aliphatic hydroxyl groups is 1. The van der Waals surface area contributed by atoms with Crippen LogP contribution in [0.15, 0.2) is 24.3 Å². The van der Waals surface area contributed by atoms with Gasteiger partial charge in [-0.3, -0.25) is 4.90 Å². The van der Waals surface area contributed by atoms with Gasteiger partial charge in [0.05, 0.1) is 6.61 Å². The van der Waals surface area contributed by atoms with Gasteiger partial charge in [0.2, 0.25) is 0 Å². The third-order valence-corrected chi connectivity index (χ3v) is 3.82. The van der Waals surface area contributed by atoms with Crippen molar-refractivity contribution in [3.63, 3.8) is 0 Å². The zero-order valence-electron chi connectivity index (χ0n) is 12.7. The standard InChI is InChI=1S/C16H27N3O/c1-14(2)17-13-15-5-3-4-6-16(15)19-9-7-18(8-10-19)11-12-20/h3-6,14,17,20H,7-13H2,1-2H3. The molecular formula is C16H27N3O. The van der Waals surface area contributed by atoms with Crippen LogP contribution in [0, 0.1) is 0 Å². The van der Waals surface area contributed by atoms with Crippen molar-refractivity contribution in [1.82, 2.24) is 10.2 Å². The summed E-state index contributed by atoms with van der Waals surface area (Å²) in [7, 11) is 0. The van der Waals surface area contributed by atoms with Crippen molar-refractivity contribution in [2.75, 3.05) is 44.2 Å². The van der Waals surface area contributed by atoms with E-state index in [1.807, 2.05) is 0 Å². The minimum absolute atomic E-state index is 0.259. The van der Waals surface area contributed by atoms with Crippen LogP contribution in [0.25, 0.3) is 0 Å². The predicted molar refractivity (Wildman–Crippen MR) is 84.2 cm³/mol. The van der Waals surface area contributed by atoms with Crippen molar-refractivity contribution in [2.45, 2.75) is 26.4 Å². The third kappa shape index (κ3) is 4.20. The molecule has 4 heteroatoms. The minimum atomic E-state index is 0.259. The number of para-hydroxylation sites is 1. The molecule has 1 saturated heterocycles. The molecule has 0 spiro atoms. The molecule has 0 atom stereocenters. The van der Waals surface area contributed by atoms with Crippen LogP contribution in [0.3, 0.4) is 0 Å². The number of rotatable bonds is 6. The molecule has 1 heterocycles. The summed E-state index contributed by atoms with van der Waals surface area (Å²) in [6.07, 6.45) is 0. The van der Waals surface area contributed by atoms with E-state index >= 15 is 0 Å². The van der Waals surface area contributed by atoms with Gasteiger partial charge in [0.25, 0.3) is 0 Å². The van der Waals surface area contributed by atoms with Gasteiger partial charge >= 0.3 is 0 Å².